The van der Waals surface area contributed by atoms with Gasteiger partial charge in [-0.3, -0.25) is 14.4 Å². The molecule has 0 aromatic rings. The molecule has 31 heavy (non-hydrogen) atoms. The molecule has 0 radical (unpaired) electrons. The molecule has 0 aromatic heterocycles. The number of amides is 1. The Morgan fingerprint density at radius 2 is 1.68 bits per heavy atom. The van der Waals surface area contributed by atoms with Crippen molar-refractivity contribution < 1.29 is 33.3 Å². The molecule has 0 saturated carbocycles. The summed E-state index contributed by atoms with van der Waals surface area (Å²) in [6.45, 7) is 12.8. The first-order chi connectivity index (χ1) is 14.4. The summed E-state index contributed by atoms with van der Waals surface area (Å²) in [7, 11) is 0. The fourth-order valence-corrected chi connectivity index (χ4v) is 3.76. The fraction of sp³-hybridized carbons (Fsp3) is 0.870. The lowest BCUT2D eigenvalue weighted by Gasteiger charge is -2.44. The second kappa shape index (κ2) is 13.0. The van der Waals surface area contributed by atoms with E-state index in [0.29, 0.717) is 13.0 Å². The largest absolute Gasteiger partial charge is 0.460 e. The molecule has 1 rings (SSSR count). The van der Waals surface area contributed by atoms with E-state index in [1.54, 1.807) is 0 Å². The molecule has 0 bridgehead atoms. The van der Waals surface area contributed by atoms with E-state index in [4.69, 9.17) is 18.9 Å². The van der Waals surface area contributed by atoms with Gasteiger partial charge in [0, 0.05) is 32.8 Å². The van der Waals surface area contributed by atoms with Crippen molar-refractivity contribution in [1.82, 2.24) is 5.32 Å². The molecule has 1 aliphatic rings. The number of carbonyl (C=O) groups is 3. The molecule has 1 heterocycles. The van der Waals surface area contributed by atoms with Crippen molar-refractivity contribution in [1.29, 1.82) is 0 Å². The van der Waals surface area contributed by atoms with Crippen LogP contribution in [0.15, 0.2) is 0 Å². The molecule has 1 aliphatic heterocycles. The average molecular weight is 444 g/mol. The SMILES string of the molecule is CC[C@H]1O[C@@H](OCCCCCCC(=O)OC(C)(C)C)[C@@H](NC(C)=O)[C@@H](OC(C)=O)[C@H]1C. The predicted octanol–water partition coefficient (Wildman–Crippen LogP) is 3.50. The molecule has 1 N–H and O–H groups in total. The summed E-state index contributed by atoms with van der Waals surface area (Å²) in [6, 6.07) is -0.564. The molecular weight excluding hydrogens is 402 g/mol. The van der Waals surface area contributed by atoms with E-state index in [1.807, 2.05) is 34.6 Å². The molecule has 1 saturated heterocycles. The standard InChI is InChI=1S/C23H41NO7/c1-8-18-15(2)21(29-17(4)26)20(24-16(3)25)22(30-18)28-14-12-10-9-11-13-19(27)31-23(5,6)7/h15,18,20-22H,8-14H2,1-7H3,(H,24,25)/t15-,18+,20-,21-,22+/m0/s1. The highest BCUT2D eigenvalue weighted by molar-refractivity contribution is 5.73. The summed E-state index contributed by atoms with van der Waals surface area (Å²) in [6.07, 6.45) is 3.20. The smallest absolute Gasteiger partial charge is 0.306 e. The number of unbranched alkanes of at least 4 members (excludes halogenated alkanes) is 3. The van der Waals surface area contributed by atoms with Gasteiger partial charge < -0.3 is 24.3 Å². The van der Waals surface area contributed by atoms with Crippen LogP contribution in [-0.2, 0) is 33.3 Å². The first kappa shape index (κ1) is 27.4. The third-order valence-corrected chi connectivity index (χ3v) is 5.11. The molecule has 0 unspecified atom stereocenters. The Bertz CT molecular complexity index is 587. The van der Waals surface area contributed by atoms with Gasteiger partial charge in [0.2, 0.25) is 5.91 Å². The molecule has 0 spiro atoms. The van der Waals surface area contributed by atoms with Crippen molar-refractivity contribution in [3.05, 3.63) is 0 Å². The van der Waals surface area contributed by atoms with Gasteiger partial charge in [0.05, 0.1) is 6.10 Å². The fourth-order valence-electron chi connectivity index (χ4n) is 3.76. The number of ether oxygens (including phenoxy) is 4. The van der Waals surface area contributed by atoms with E-state index in [2.05, 4.69) is 5.32 Å². The summed E-state index contributed by atoms with van der Waals surface area (Å²) in [5.41, 5.74) is -0.451. The van der Waals surface area contributed by atoms with E-state index >= 15 is 0 Å². The maximum Gasteiger partial charge on any atom is 0.306 e. The van der Waals surface area contributed by atoms with E-state index < -0.39 is 30.0 Å². The minimum atomic E-state index is -0.684. The summed E-state index contributed by atoms with van der Waals surface area (Å²) in [5, 5.41) is 2.84. The Hall–Kier alpha value is -1.67. The molecular formula is C23H41NO7. The number of carbonyl (C=O) groups excluding carboxylic acids is 3. The molecule has 5 atom stereocenters. The lowest BCUT2D eigenvalue weighted by atomic mass is 9.87. The summed E-state index contributed by atoms with van der Waals surface area (Å²) >= 11 is 0. The van der Waals surface area contributed by atoms with Crippen LogP contribution < -0.4 is 5.32 Å². The van der Waals surface area contributed by atoms with Crippen molar-refractivity contribution >= 4 is 17.8 Å². The monoisotopic (exact) mass is 443 g/mol. The van der Waals surface area contributed by atoms with E-state index in [9.17, 15) is 14.4 Å². The van der Waals surface area contributed by atoms with Crippen LogP contribution in [0.25, 0.3) is 0 Å². The first-order valence-electron chi connectivity index (χ1n) is 11.4. The summed E-state index contributed by atoms with van der Waals surface area (Å²) in [5.74, 6) is -0.872. The van der Waals surface area contributed by atoms with Crippen molar-refractivity contribution in [2.45, 2.75) is 117 Å². The van der Waals surface area contributed by atoms with Gasteiger partial charge in [0.1, 0.15) is 17.7 Å². The van der Waals surface area contributed by atoms with Crippen LogP contribution >= 0.6 is 0 Å². The number of nitrogens with one attached hydrogen (secondary N) is 1. The number of hydrogen-bond acceptors (Lipinski definition) is 7. The molecule has 180 valence electrons. The predicted molar refractivity (Wildman–Crippen MR) is 116 cm³/mol. The van der Waals surface area contributed by atoms with Crippen molar-refractivity contribution in [2.75, 3.05) is 6.61 Å². The Kier molecular flexibility index (Phi) is 11.5. The third kappa shape index (κ3) is 10.5. The first-order valence-corrected chi connectivity index (χ1v) is 11.4. The number of hydrogen-bond donors (Lipinski definition) is 1. The Morgan fingerprint density at radius 1 is 1.03 bits per heavy atom. The maximum absolute atomic E-state index is 11.7. The van der Waals surface area contributed by atoms with Crippen molar-refractivity contribution in [3.63, 3.8) is 0 Å². The minimum absolute atomic E-state index is 0.0709. The van der Waals surface area contributed by atoms with Crippen LogP contribution in [0, 0.1) is 5.92 Å². The highest BCUT2D eigenvalue weighted by Gasteiger charge is 2.46. The zero-order valence-corrected chi connectivity index (χ0v) is 20.2. The third-order valence-electron chi connectivity index (χ3n) is 5.11. The Labute approximate surface area is 186 Å². The van der Waals surface area contributed by atoms with E-state index in [-0.39, 0.29) is 23.9 Å². The quantitative estimate of drug-likeness (QED) is 0.385. The topological polar surface area (TPSA) is 100 Å². The van der Waals surface area contributed by atoms with Gasteiger partial charge in [-0.25, -0.2) is 0 Å². The minimum Gasteiger partial charge on any atom is -0.460 e. The molecule has 0 aliphatic carbocycles. The zero-order chi connectivity index (χ0) is 23.6. The lowest BCUT2D eigenvalue weighted by molar-refractivity contribution is -0.253. The molecule has 1 amide bonds. The van der Waals surface area contributed by atoms with Crippen molar-refractivity contribution in [3.8, 4) is 0 Å². The van der Waals surface area contributed by atoms with Crippen LogP contribution in [0.1, 0.15) is 87.0 Å². The van der Waals surface area contributed by atoms with Gasteiger partial charge in [0.15, 0.2) is 6.29 Å². The second-order valence-corrected chi connectivity index (χ2v) is 9.23. The van der Waals surface area contributed by atoms with Gasteiger partial charge >= 0.3 is 11.9 Å². The van der Waals surface area contributed by atoms with E-state index in [1.165, 1.54) is 13.8 Å². The second-order valence-electron chi connectivity index (χ2n) is 9.23. The van der Waals surface area contributed by atoms with Gasteiger partial charge in [-0.15, -0.1) is 0 Å². The normalized spacial score (nSPS) is 26.2. The van der Waals surface area contributed by atoms with Gasteiger partial charge in [0.25, 0.3) is 0 Å². The maximum atomic E-state index is 11.7. The Balaban J connectivity index is 2.51. The van der Waals surface area contributed by atoms with Crippen LogP contribution in [0.5, 0.6) is 0 Å². The molecule has 1 fully saturated rings. The average Bonchev–Trinajstić information content (AvgIpc) is 2.63. The molecule has 8 heteroatoms. The highest BCUT2D eigenvalue weighted by atomic mass is 16.7. The van der Waals surface area contributed by atoms with Crippen LogP contribution in [0.2, 0.25) is 0 Å². The Morgan fingerprint density at radius 3 is 2.23 bits per heavy atom. The van der Waals surface area contributed by atoms with Crippen LogP contribution in [0.4, 0.5) is 0 Å². The lowest BCUT2D eigenvalue weighted by Crippen LogP contribution is -2.62. The number of esters is 2. The molecule has 8 nitrogen and oxygen atoms in total. The van der Waals surface area contributed by atoms with E-state index in [0.717, 1.165) is 32.1 Å². The molecule has 0 aromatic carbocycles. The highest BCUT2D eigenvalue weighted by Crippen LogP contribution is 2.31. The van der Waals surface area contributed by atoms with Gasteiger partial charge in [-0.2, -0.15) is 0 Å². The van der Waals surface area contributed by atoms with Crippen LogP contribution in [0.3, 0.4) is 0 Å². The summed E-state index contributed by atoms with van der Waals surface area (Å²) < 4.78 is 22.9. The van der Waals surface area contributed by atoms with Gasteiger partial charge in [-0.05, 0) is 40.0 Å². The van der Waals surface area contributed by atoms with Gasteiger partial charge in [-0.1, -0.05) is 26.7 Å². The van der Waals surface area contributed by atoms with Crippen molar-refractivity contribution in [2.24, 2.45) is 5.92 Å². The summed E-state index contributed by atoms with van der Waals surface area (Å²) in [4.78, 5) is 35.1. The van der Waals surface area contributed by atoms with Crippen LogP contribution in [-0.4, -0.2) is 54.6 Å². The zero-order valence-electron chi connectivity index (χ0n) is 20.2. The number of rotatable bonds is 11.